The van der Waals surface area contributed by atoms with Crippen LogP contribution in [-0.4, -0.2) is 24.8 Å². The van der Waals surface area contributed by atoms with Crippen molar-refractivity contribution < 1.29 is 23.1 Å². The van der Waals surface area contributed by atoms with E-state index in [4.69, 9.17) is 4.74 Å². The number of rotatable bonds is 5. The van der Waals surface area contributed by atoms with Crippen molar-refractivity contribution in [3.05, 3.63) is 21.4 Å². The molecule has 0 aliphatic rings. The van der Waals surface area contributed by atoms with Gasteiger partial charge in [0, 0.05) is 6.42 Å². The molecule has 0 aliphatic heterocycles. The van der Waals surface area contributed by atoms with Crippen molar-refractivity contribution in [2.45, 2.75) is 26.2 Å². The number of thiophene rings is 1. The Morgan fingerprint density at radius 1 is 1.59 bits per heavy atom. The summed E-state index contributed by atoms with van der Waals surface area (Å²) in [6.45, 7) is 2.55. The molecule has 0 saturated heterocycles. The van der Waals surface area contributed by atoms with Gasteiger partial charge in [0.1, 0.15) is 4.88 Å². The van der Waals surface area contributed by atoms with Gasteiger partial charge in [0.15, 0.2) is 6.29 Å². The van der Waals surface area contributed by atoms with Gasteiger partial charge in [-0.05, 0) is 25.5 Å². The standard InChI is InChI=1S/C11H12F2O3S/c1-3-16-10(15)9-7(5-11(2,12)13)4-8(6-14)17-9/h4,6H,3,5H2,1-2H3. The molecule has 0 atom stereocenters. The zero-order chi connectivity index (χ0) is 13.1. The first-order valence-electron chi connectivity index (χ1n) is 5.00. The van der Waals surface area contributed by atoms with Crippen LogP contribution < -0.4 is 0 Å². The van der Waals surface area contributed by atoms with Crippen LogP contribution in [0.5, 0.6) is 0 Å². The Bertz CT molecular complexity index is 421. The SMILES string of the molecule is CCOC(=O)c1sc(C=O)cc1CC(C)(F)F. The van der Waals surface area contributed by atoms with Gasteiger partial charge < -0.3 is 4.74 Å². The summed E-state index contributed by atoms with van der Waals surface area (Å²) < 4.78 is 30.6. The second-order valence-electron chi connectivity index (χ2n) is 3.59. The zero-order valence-corrected chi connectivity index (χ0v) is 10.3. The van der Waals surface area contributed by atoms with Gasteiger partial charge in [0.25, 0.3) is 0 Å². The molecular formula is C11H12F2O3S. The summed E-state index contributed by atoms with van der Waals surface area (Å²) in [5.41, 5.74) is 0.156. The first-order valence-corrected chi connectivity index (χ1v) is 5.82. The van der Waals surface area contributed by atoms with E-state index in [0.717, 1.165) is 18.3 Å². The maximum atomic E-state index is 12.9. The molecule has 1 aromatic heterocycles. The van der Waals surface area contributed by atoms with Gasteiger partial charge in [-0.1, -0.05) is 0 Å². The summed E-state index contributed by atoms with van der Waals surface area (Å²) >= 11 is 0.872. The Hall–Kier alpha value is -1.30. The van der Waals surface area contributed by atoms with E-state index in [2.05, 4.69) is 0 Å². The van der Waals surface area contributed by atoms with Crippen LogP contribution in [0.2, 0.25) is 0 Å². The molecule has 17 heavy (non-hydrogen) atoms. The number of aldehydes is 1. The van der Waals surface area contributed by atoms with Crippen molar-refractivity contribution in [1.29, 1.82) is 0 Å². The summed E-state index contributed by atoms with van der Waals surface area (Å²) in [6, 6.07) is 1.31. The number of halogens is 2. The maximum Gasteiger partial charge on any atom is 0.348 e. The summed E-state index contributed by atoms with van der Waals surface area (Å²) in [5, 5.41) is 0. The van der Waals surface area contributed by atoms with E-state index in [9.17, 15) is 18.4 Å². The van der Waals surface area contributed by atoms with Crippen LogP contribution in [0.15, 0.2) is 6.07 Å². The van der Waals surface area contributed by atoms with E-state index < -0.39 is 18.3 Å². The highest BCUT2D eigenvalue weighted by Gasteiger charge is 2.27. The summed E-state index contributed by atoms with van der Waals surface area (Å²) in [4.78, 5) is 22.4. The minimum atomic E-state index is -2.93. The smallest absolute Gasteiger partial charge is 0.348 e. The number of carbonyl (C=O) groups excluding carboxylic acids is 2. The number of hydrogen-bond acceptors (Lipinski definition) is 4. The highest BCUT2D eigenvalue weighted by atomic mass is 32.1. The van der Waals surface area contributed by atoms with Crippen LogP contribution in [0.1, 0.15) is 38.8 Å². The Balaban J connectivity index is 3.05. The average Bonchev–Trinajstić information content (AvgIpc) is 2.58. The Labute approximate surface area is 101 Å². The van der Waals surface area contributed by atoms with Crippen molar-refractivity contribution in [2.75, 3.05) is 6.61 Å². The summed E-state index contributed by atoms with van der Waals surface area (Å²) in [5.74, 6) is -3.59. The molecule has 1 aromatic rings. The third kappa shape index (κ3) is 3.89. The highest BCUT2D eigenvalue weighted by molar-refractivity contribution is 7.15. The minimum absolute atomic E-state index is 0.0791. The van der Waals surface area contributed by atoms with E-state index in [1.807, 2.05) is 0 Å². The lowest BCUT2D eigenvalue weighted by Crippen LogP contribution is -2.15. The van der Waals surface area contributed by atoms with E-state index in [0.29, 0.717) is 6.29 Å². The molecule has 0 unspecified atom stereocenters. The van der Waals surface area contributed by atoms with Gasteiger partial charge in [-0.15, -0.1) is 11.3 Å². The predicted molar refractivity (Wildman–Crippen MR) is 60.0 cm³/mol. The molecule has 1 rings (SSSR count). The van der Waals surface area contributed by atoms with Crippen LogP contribution in [0.4, 0.5) is 8.78 Å². The van der Waals surface area contributed by atoms with Crippen LogP contribution >= 0.6 is 11.3 Å². The molecule has 3 nitrogen and oxygen atoms in total. The van der Waals surface area contributed by atoms with Crippen LogP contribution in [0, 0.1) is 0 Å². The Kier molecular flexibility index (Phi) is 4.34. The normalized spacial score (nSPS) is 11.3. The lowest BCUT2D eigenvalue weighted by Gasteiger charge is -2.09. The van der Waals surface area contributed by atoms with E-state index in [1.165, 1.54) is 6.07 Å². The minimum Gasteiger partial charge on any atom is -0.462 e. The molecule has 0 amide bonds. The third-order valence-corrected chi connectivity index (χ3v) is 2.99. The Morgan fingerprint density at radius 3 is 2.71 bits per heavy atom. The van der Waals surface area contributed by atoms with Crippen LogP contribution in [0.3, 0.4) is 0 Å². The van der Waals surface area contributed by atoms with Gasteiger partial charge in [-0.25, -0.2) is 13.6 Å². The number of carbonyl (C=O) groups is 2. The van der Waals surface area contributed by atoms with E-state index in [1.54, 1.807) is 6.92 Å². The first-order chi connectivity index (χ1) is 7.87. The fraction of sp³-hybridized carbons (Fsp3) is 0.455. The highest BCUT2D eigenvalue weighted by Crippen LogP contribution is 2.28. The third-order valence-electron chi connectivity index (χ3n) is 1.91. The lowest BCUT2D eigenvalue weighted by molar-refractivity contribution is 0.0223. The molecule has 0 N–H and O–H groups in total. The molecular weight excluding hydrogens is 250 g/mol. The number of hydrogen-bond donors (Lipinski definition) is 0. The molecule has 6 heteroatoms. The maximum absolute atomic E-state index is 12.9. The average molecular weight is 262 g/mol. The van der Waals surface area contributed by atoms with E-state index in [-0.39, 0.29) is 21.9 Å². The zero-order valence-electron chi connectivity index (χ0n) is 9.46. The molecule has 0 aliphatic carbocycles. The fourth-order valence-corrected chi connectivity index (χ4v) is 2.23. The van der Waals surface area contributed by atoms with Crippen molar-refractivity contribution in [3.8, 4) is 0 Å². The second kappa shape index (κ2) is 5.35. The molecule has 94 valence electrons. The van der Waals surface area contributed by atoms with E-state index >= 15 is 0 Å². The number of esters is 1. The van der Waals surface area contributed by atoms with Crippen molar-refractivity contribution in [1.82, 2.24) is 0 Å². The fourth-order valence-electron chi connectivity index (χ4n) is 1.34. The molecule has 0 spiro atoms. The predicted octanol–water partition coefficient (Wildman–Crippen LogP) is 2.94. The molecule has 0 radical (unpaired) electrons. The number of alkyl halides is 2. The second-order valence-corrected chi connectivity index (χ2v) is 4.67. The molecule has 0 bridgehead atoms. The molecule has 1 heterocycles. The lowest BCUT2D eigenvalue weighted by atomic mass is 10.1. The monoisotopic (exact) mass is 262 g/mol. The molecule has 0 aromatic carbocycles. The van der Waals surface area contributed by atoms with Gasteiger partial charge >= 0.3 is 5.97 Å². The van der Waals surface area contributed by atoms with Crippen LogP contribution in [0.25, 0.3) is 0 Å². The van der Waals surface area contributed by atoms with Crippen molar-refractivity contribution in [2.24, 2.45) is 0 Å². The van der Waals surface area contributed by atoms with Gasteiger partial charge in [-0.3, -0.25) is 4.79 Å². The van der Waals surface area contributed by atoms with Gasteiger partial charge in [-0.2, -0.15) is 0 Å². The summed E-state index contributed by atoms with van der Waals surface area (Å²) in [6.07, 6.45) is -0.0455. The first kappa shape index (κ1) is 13.8. The topological polar surface area (TPSA) is 43.4 Å². The number of ether oxygens (including phenoxy) is 1. The van der Waals surface area contributed by atoms with Crippen molar-refractivity contribution >= 4 is 23.6 Å². The van der Waals surface area contributed by atoms with Crippen molar-refractivity contribution in [3.63, 3.8) is 0 Å². The Morgan fingerprint density at radius 2 is 2.24 bits per heavy atom. The quantitative estimate of drug-likeness (QED) is 0.605. The molecule has 0 saturated carbocycles. The van der Waals surface area contributed by atoms with Gasteiger partial charge in [0.2, 0.25) is 5.92 Å². The summed E-state index contributed by atoms with van der Waals surface area (Å²) in [7, 11) is 0. The van der Waals surface area contributed by atoms with Crippen LogP contribution in [-0.2, 0) is 11.2 Å². The largest absolute Gasteiger partial charge is 0.462 e. The van der Waals surface area contributed by atoms with Gasteiger partial charge in [0.05, 0.1) is 11.5 Å². The molecule has 0 fully saturated rings.